The van der Waals surface area contributed by atoms with Crippen molar-refractivity contribution >= 4 is 65.8 Å². The molecule has 10 heteroatoms. The minimum absolute atomic E-state index is 0.105. The highest BCUT2D eigenvalue weighted by Crippen LogP contribution is 2.43. The highest BCUT2D eigenvalue weighted by atomic mass is 79.9. The molecule has 0 aliphatic rings. The predicted octanol–water partition coefficient (Wildman–Crippen LogP) is 3.57. The largest absolute Gasteiger partial charge is 0.506 e. The fraction of sp³-hybridized carbons (Fsp3) is 0.118. The molecule has 0 saturated heterocycles. The number of phenols is 2. The Morgan fingerprint density at radius 2 is 1.78 bits per heavy atom. The molecule has 0 radical (unpaired) electrons. The van der Waals surface area contributed by atoms with E-state index in [2.05, 4.69) is 63.6 Å². The maximum Gasteiger partial charge on any atom is 0.259 e. The summed E-state index contributed by atoms with van der Waals surface area (Å²) in [5.41, 5.74) is 3.52. The van der Waals surface area contributed by atoms with Crippen molar-refractivity contribution in [3.63, 3.8) is 0 Å². The molecule has 2 aromatic rings. The number of amides is 2. The minimum Gasteiger partial charge on any atom is -0.506 e. The number of halogens is 3. The van der Waals surface area contributed by atoms with E-state index in [-0.39, 0.29) is 22.5 Å². The molecular weight excluding hydrogens is 550 g/mol. The highest BCUT2D eigenvalue weighted by molar-refractivity contribution is 9.11. The van der Waals surface area contributed by atoms with E-state index in [9.17, 15) is 19.8 Å². The Kier molecular flexibility index (Phi) is 7.40. The van der Waals surface area contributed by atoms with Crippen molar-refractivity contribution in [2.24, 2.45) is 5.10 Å². The van der Waals surface area contributed by atoms with Crippen molar-refractivity contribution < 1.29 is 19.8 Å². The third kappa shape index (κ3) is 5.08. The van der Waals surface area contributed by atoms with Crippen molar-refractivity contribution in [1.29, 1.82) is 0 Å². The summed E-state index contributed by atoms with van der Waals surface area (Å²) in [5, 5.41) is 26.2. The third-order valence-corrected chi connectivity index (χ3v) is 5.94. The number of carbonyl (C=O) groups is 2. The quantitative estimate of drug-likeness (QED) is 0.329. The second-order valence-corrected chi connectivity index (χ2v) is 7.76. The maximum absolute atomic E-state index is 12.0. The van der Waals surface area contributed by atoms with Crippen LogP contribution in [-0.2, 0) is 4.79 Å². The number of aromatic hydroxyl groups is 2. The Morgan fingerprint density at radius 3 is 2.44 bits per heavy atom. The van der Waals surface area contributed by atoms with Crippen LogP contribution in [-0.4, -0.2) is 34.8 Å². The molecule has 0 spiro atoms. The number of hydrogen-bond donors (Lipinski definition) is 4. The van der Waals surface area contributed by atoms with Gasteiger partial charge in [0, 0.05) is 10.0 Å². The van der Waals surface area contributed by atoms with E-state index >= 15 is 0 Å². The van der Waals surface area contributed by atoms with Gasteiger partial charge in [-0.3, -0.25) is 9.59 Å². The Hall–Kier alpha value is -1.91. The SMILES string of the molecule is Cc1c(Br)c(O)c(Br)c(O)c1/C=N/NC(=O)CNC(=O)c1ccccc1Br. The Balaban J connectivity index is 1.98. The van der Waals surface area contributed by atoms with Gasteiger partial charge in [0.25, 0.3) is 11.8 Å². The molecule has 142 valence electrons. The van der Waals surface area contributed by atoms with E-state index in [0.717, 1.165) is 0 Å². The van der Waals surface area contributed by atoms with Gasteiger partial charge in [-0.2, -0.15) is 5.10 Å². The lowest BCUT2D eigenvalue weighted by Crippen LogP contribution is -2.35. The monoisotopic (exact) mass is 561 g/mol. The molecule has 0 aromatic heterocycles. The van der Waals surface area contributed by atoms with E-state index in [1.165, 1.54) is 6.21 Å². The van der Waals surface area contributed by atoms with E-state index in [4.69, 9.17) is 0 Å². The second kappa shape index (κ2) is 9.34. The lowest BCUT2D eigenvalue weighted by Gasteiger charge is -2.11. The van der Waals surface area contributed by atoms with Crippen molar-refractivity contribution in [3.8, 4) is 11.5 Å². The molecule has 0 atom stereocenters. The van der Waals surface area contributed by atoms with Crippen LogP contribution in [0.1, 0.15) is 21.5 Å². The van der Waals surface area contributed by atoms with Crippen LogP contribution in [0.25, 0.3) is 0 Å². The first-order valence-corrected chi connectivity index (χ1v) is 9.86. The maximum atomic E-state index is 12.0. The standard InChI is InChI=1S/C17H14Br3N3O4/c1-8-10(15(25)14(20)16(26)13(8)19)6-22-23-12(24)7-21-17(27)9-4-2-3-5-11(9)18/h2-6,25-26H,7H2,1H3,(H,21,27)(H,23,24)/b22-6+. The number of nitrogens with zero attached hydrogens (tertiary/aromatic N) is 1. The van der Waals surface area contributed by atoms with Crippen LogP contribution >= 0.6 is 47.8 Å². The molecule has 0 bridgehead atoms. The Morgan fingerprint density at radius 1 is 1.11 bits per heavy atom. The molecule has 2 aromatic carbocycles. The normalized spacial score (nSPS) is 10.8. The summed E-state index contributed by atoms with van der Waals surface area (Å²) < 4.78 is 1.12. The second-order valence-electron chi connectivity index (χ2n) is 5.32. The van der Waals surface area contributed by atoms with Gasteiger partial charge in [0.1, 0.15) is 16.0 Å². The van der Waals surface area contributed by atoms with Crippen LogP contribution in [0, 0.1) is 6.92 Å². The molecule has 27 heavy (non-hydrogen) atoms. The summed E-state index contributed by atoms with van der Waals surface area (Å²) in [6.45, 7) is 1.39. The van der Waals surface area contributed by atoms with Gasteiger partial charge in [0.2, 0.25) is 0 Å². The first kappa shape index (κ1) is 21.4. The topological polar surface area (TPSA) is 111 Å². The number of carbonyl (C=O) groups excluding carboxylic acids is 2. The molecule has 2 rings (SSSR count). The van der Waals surface area contributed by atoms with Crippen LogP contribution in [0.3, 0.4) is 0 Å². The first-order chi connectivity index (χ1) is 12.7. The average molecular weight is 564 g/mol. The van der Waals surface area contributed by atoms with Gasteiger partial charge >= 0.3 is 0 Å². The van der Waals surface area contributed by atoms with Gasteiger partial charge in [0.15, 0.2) is 0 Å². The molecule has 2 amide bonds. The fourth-order valence-corrected chi connectivity index (χ4v) is 3.62. The van der Waals surface area contributed by atoms with Gasteiger partial charge < -0.3 is 15.5 Å². The Labute approximate surface area is 180 Å². The van der Waals surface area contributed by atoms with E-state index in [1.54, 1.807) is 31.2 Å². The van der Waals surface area contributed by atoms with Crippen LogP contribution in [0.2, 0.25) is 0 Å². The lowest BCUT2D eigenvalue weighted by molar-refractivity contribution is -0.120. The number of phenolic OH excluding ortho intramolecular Hbond substituents is 2. The van der Waals surface area contributed by atoms with Gasteiger partial charge in [-0.15, -0.1) is 0 Å². The summed E-state index contributed by atoms with van der Waals surface area (Å²) >= 11 is 9.56. The molecule has 0 unspecified atom stereocenters. The van der Waals surface area contributed by atoms with Crippen LogP contribution < -0.4 is 10.7 Å². The summed E-state index contributed by atoms with van der Waals surface area (Å²) in [7, 11) is 0. The number of nitrogens with one attached hydrogen (secondary N) is 2. The van der Waals surface area contributed by atoms with Crippen LogP contribution in [0.5, 0.6) is 11.5 Å². The van der Waals surface area contributed by atoms with E-state index in [0.29, 0.717) is 25.6 Å². The van der Waals surface area contributed by atoms with Crippen molar-refractivity contribution in [3.05, 3.63) is 54.4 Å². The van der Waals surface area contributed by atoms with Gasteiger partial charge in [0.05, 0.1) is 22.8 Å². The zero-order valence-corrected chi connectivity index (χ0v) is 18.6. The van der Waals surface area contributed by atoms with E-state index in [1.807, 2.05) is 0 Å². The fourth-order valence-electron chi connectivity index (χ4n) is 2.07. The van der Waals surface area contributed by atoms with Gasteiger partial charge in [-0.25, -0.2) is 5.43 Å². The number of rotatable bonds is 5. The third-order valence-electron chi connectivity index (χ3n) is 3.52. The molecule has 0 aliphatic carbocycles. The molecule has 7 nitrogen and oxygen atoms in total. The van der Waals surface area contributed by atoms with E-state index < -0.39 is 11.8 Å². The lowest BCUT2D eigenvalue weighted by atomic mass is 10.1. The van der Waals surface area contributed by atoms with Crippen molar-refractivity contribution in [1.82, 2.24) is 10.7 Å². The summed E-state index contributed by atoms with van der Waals surface area (Å²) in [4.78, 5) is 23.9. The van der Waals surface area contributed by atoms with Crippen molar-refractivity contribution in [2.75, 3.05) is 6.54 Å². The molecule has 4 N–H and O–H groups in total. The minimum atomic E-state index is -0.541. The Bertz CT molecular complexity index is 903. The first-order valence-electron chi connectivity index (χ1n) is 7.48. The zero-order chi connectivity index (χ0) is 20.1. The summed E-state index contributed by atoms with van der Waals surface area (Å²) in [5.74, 6) is -1.29. The number of hydrogen-bond acceptors (Lipinski definition) is 5. The molecular formula is C17H14Br3N3O4. The molecule has 0 saturated carbocycles. The number of benzene rings is 2. The molecule has 0 fully saturated rings. The molecule has 0 heterocycles. The highest BCUT2D eigenvalue weighted by Gasteiger charge is 2.17. The average Bonchev–Trinajstić information content (AvgIpc) is 2.66. The summed E-state index contributed by atoms with van der Waals surface area (Å²) in [6.07, 6.45) is 1.24. The van der Waals surface area contributed by atoms with Gasteiger partial charge in [-0.1, -0.05) is 12.1 Å². The van der Waals surface area contributed by atoms with Crippen molar-refractivity contribution in [2.45, 2.75) is 6.92 Å². The van der Waals surface area contributed by atoms with Gasteiger partial charge in [-0.05, 0) is 72.4 Å². The smallest absolute Gasteiger partial charge is 0.259 e. The molecule has 0 aliphatic heterocycles. The predicted molar refractivity (Wildman–Crippen MR) is 112 cm³/mol. The summed E-state index contributed by atoms with van der Waals surface area (Å²) in [6, 6.07) is 6.84. The van der Waals surface area contributed by atoms with Crippen LogP contribution in [0.4, 0.5) is 0 Å². The van der Waals surface area contributed by atoms with Crippen LogP contribution in [0.15, 0.2) is 42.8 Å². The zero-order valence-electron chi connectivity index (χ0n) is 13.9. The number of hydrazone groups is 1.